The average molecular weight is 189 g/mol. The predicted molar refractivity (Wildman–Crippen MR) is 52.7 cm³/mol. The normalized spacial score (nSPS) is 11.8. The largest absolute Gasteiger partial charge is 0.376 e. The summed E-state index contributed by atoms with van der Waals surface area (Å²) in [6.07, 6.45) is 0.922. The molecule has 4 nitrogen and oxygen atoms in total. The lowest BCUT2D eigenvalue weighted by Crippen LogP contribution is -2.46. The molecular weight excluding hydrogens is 174 g/mol. The van der Waals surface area contributed by atoms with E-state index < -0.39 is 0 Å². The number of carbonyl (C=O) groups is 1. The van der Waals surface area contributed by atoms with E-state index in [2.05, 4.69) is 22.9 Å². The van der Waals surface area contributed by atoms with Crippen molar-refractivity contribution in [3.05, 3.63) is 0 Å². The highest BCUT2D eigenvalue weighted by molar-refractivity contribution is 7.80. The summed E-state index contributed by atoms with van der Waals surface area (Å²) in [5.41, 5.74) is 5.20. The average Bonchev–Trinajstić information content (AvgIpc) is 1.98. The zero-order valence-electron chi connectivity index (χ0n) is 7.39. The van der Waals surface area contributed by atoms with Gasteiger partial charge in [0, 0.05) is 6.54 Å². The van der Waals surface area contributed by atoms with Crippen molar-refractivity contribution in [1.82, 2.24) is 10.6 Å². The topological polar surface area (TPSA) is 67.2 Å². The van der Waals surface area contributed by atoms with Crippen molar-refractivity contribution in [2.24, 2.45) is 5.73 Å². The Labute approximate surface area is 77.9 Å². The van der Waals surface area contributed by atoms with Gasteiger partial charge < -0.3 is 16.4 Å². The Morgan fingerprint density at radius 1 is 1.67 bits per heavy atom. The molecule has 0 bridgehead atoms. The summed E-state index contributed by atoms with van der Waals surface area (Å²) in [7, 11) is 0. The molecule has 0 aliphatic heterocycles. The molecule has 1 atom stereocenters. The second-order valence-electron chi connectivity index (χ2n) is 2.52. The van der Waals surface area contributed by atoms with Crippen LogP contribution in [0.3, 0.4) is 0 Å². The fourth-order valence-corrected chi connectivity index (χ4v) is 0.857. The number of hydrogen-bond acceptors (Lipinski definition) is 2. The summed E-state index contributed by atoms with van der Waals surface area (Å²) in [5.74, 6) is -0.0790. The van der Waals surface area contributed by atoms with E-state index in [1.807, 2.05) is 6.92 Å². The van der Waals surface area contributed by atoms with Crippen molar-refractivity contribution in [3.63, 3.8) is 0 Å². The molecular formula is C7H15N3OS. The Balaban J connectivity index is 3.69. The molecule has 0 spiro atoms. The minimum Gasteiger partial charge on any atom is -0.376 e. The van der Waals surface area contributed by atoms with Crippen LogP contribution in [0, 0.1) is 0 Å². The Morgan fingerprint density at radius 2 is 2.25 bits per heavy atom. The van der Waals surface area contributed by atoms with E-state index in [1.54, 1.807) is 6.92 Å². The van der Waals surface area contributed by atoms with E-state index in [9.17, 15) is 4.79 Å². The number of nitrogens with two attached hydrogens (primary N) is 1. The van der Waals surface area contributed by atoms with Crippen LogP contribution in [0.5, 0.6) is 0 Å². The van der Waals surface area contributed by atoms with Gasteiger partial charge in [0.1, 0.15) is 6.04 Å². The van der Waals surface area contributed by atoms with Gasteiger partial charge in [0.2, 0.25) is 5.91 Å². The van der Waals surface area contributed by atoms with E-state index in [1.165, 1.54) is 0 Å². The van der Waals surface area contributed by atoms with E-state index in [4.69, 9.17) is 5.73 Å². The third-order valence-corrected chi connectivity index (χ3v) is 1.42. The summed E-state index contributed by atoms with van der Waals surface area (Å²) in [6.45, 7) is 4.39. The monoisotopic (exact) mass is 189 g/mol. The molecule has 12 heavy (non-hydrogen) atoms. The molecule has 0 aromatic carbocycles. The van der Waals surface area contributed by atoms with Gasteiger partial charge in [-0.1, -0.05) is 6.92 Å². The summed E-state index contributed by atoms with van der Waals surface area (Å²) in [4.78, 5) is 11.1. The van der Waals surface area contributed by atoms with Crippen LogP contribution in [0.25, 0.3) is 0 Å². The van der Waals surface area contributed by atoms with Gasteiger partial charge in [-0.15, -0.1) is 0 Å². The van der Waals surface area contributed by atoms with E-state index >= 15 is 0 Å². The van der Waals surface area contributed by atoms with Crippen molar-refractivity contribution < 1.29 is 4.79 Å². The highest BCUT2D eigenvalue weighted by Gasteiger charge is 2.10. The third kappa shape index (κ3) is 4.90. The maximum Gasteiger partial charge on any atom is 0.242 e. The summed E-state index contributed by atoms with van der Waals surface area (Å²) in [6, 6.07) is -0.353. The molecule has 0 radical (unpaired) electrons. The van der Waals surface area contributed by atoms with Crippen LogP contribution in [0.4, 0.5) is 0 Å². The molecule has 0 aromatic heterocycles. The minimum absolute atomic E-state index is 0.0790. The predicted octanol–water partition coefficient (Wildman–Crippen LogP) is -0.266. The lowest BCUT2D eigenvalue weighted by molar-refractivity contribution is -0.122. The van der Waals surface area contributed by atoms with Crippen LogP contribution >= 0.6 is 12.2 Å². The molecule has 0 aliphatic rings. The number of rotatable bonds is 4. The second-order valence-corrected chi connectivity index (χ2v) is 2.96. The molecule has 5 heteroatoms. The number of nitrogens with one attached hydrogen (secondary N) is 2. The quantitative estimate of drug-likeness (QED) is 0.533. The van der Waals surface area contributed by atoms with Crippen LogP contribution < -0.4 is 16.4 Å². The van der Waals surface area contributed by atoms with Crippen molar-refractivity contribution in [2.75, 3.05) is 6.54 Å². The third-order valence-electron chi connectivity index (χ3n) is 1.30. The minimum atomic E-state index is -0.353. The molecule has 0 aliphatic carbocycles. The second kappa shape index (κ2) is 5.77. The lowest BCUT2D eigenvalue weighted by atomic mass is 10.3. The van der Waals surface area contributed by atoms with E-state index in [0.29, 0.717) is 6.54 Å². The van der Waals surface area contributed by atoms with Crippen molar-refractivity contribution in [1.29, 1.82) is 0 Å². The Hall–Kier alpha value is -0.840. The van der Waals surface area contributed by atoms with Gasteiger partial charge in [-0.2, -0.15) is 0 Å². The number of amides is 1. The Morgan fingerprint density at radius 3 is 2.67 bits per heavy atom. The van der Waals surface area contributed by atoms with Crippen LogP contribution in [0.1, 0.15) is 20.3 Å². The fourth-order valence-electron chi connectivity index (χ4n) is 0.680. The first-order valence-corrected chi connectivity index (χ1v) is 4.32. The molecule has 0 heterocycles. The van der Waals surface area contributed by atoms with E-state index in [-0.39, 0.29) is 17.1 Å². The molecule has 0 saturated carbocycles. The molecule has 1 amide bonds. The highest BCUT2D eigenvalue weighted by atomic mass is 32.1. The maximum atomic E-state index is 11.1. The van der Waals surface area contributed by atoms with Crippen LogP contribution in [-0.4, -0.2) is 23.6 Å². The summed E-state index contributed by atoms with van der Waals surface area (Å²) < 4.78 is 0. The summed E-state index contributed by atoms with van der Waals surface area (Å²) in [5, 5.41) is 5.52. The van der Waals surface area contributed by atoms with Crippen molar-refractivity contribution in [2.45, 2.75) is 26.3 Å². The molecule has 1 unspecified atom stereocenters. The maximum absolute atomic E-state index is 11.1. The lowest BCUT2D eigenvalue weighted by Gasteiger charge is -2.12. The van der Waals surface area contributed by atoms with Gasteiger partial charge >= 0.3 is 0 Å². The van der Waals surface area contributed by atoms with Crippen LogP contribution in [-0.2, 0) is 4.79 Å². The first-order valence-electron chi connectivity index (χ1n) is 3.91. The molecule has 0 rings (SSSR count). The van der Waals surface area contributed by atoms with Crippen LogP contribution in [0.2, 0.25) is 0 Å². The zero-order chi connectivity index (χ0) is 9.56. The first-order chi connectivity index (χ1) is 5.57. The number of carbonyl (C=O) groups excluding carboxylic acids is 1. The molecule has 0 fully saturated rings. The van der Waals surface area contributed by atoms with Gasteiger partial charge in [-0.25, -0.2) is 0 Å². The SMILES string of the molecule is CCCNC(=O)C(C)NC(N)=S. The van der Waals surface area contributed by atoms with Gasteiger partial charge in [-0.05, 0) is 25.6 Å². The number of thiocarbonyl (C=S) groups is 1. The Bertz CT molecular complexity index is 172. The summed E-state index contributed by atoms with van der Waals surface area (Å²) >= 11 is 4.59. The van der Waals surface area contributed by atoms with Crippen molar-refractivity contribution in [3.8, 4) is 0 Å². The molecule has 0 aromatic rings. The number of hydrogen-bond donors (Lipinski definition) is 3. The first kappa shape index (κ1) is 11.2. The van der Waals surface area contributed by atoms with Gasteiger partial charge in [0.25, 0.3) is 0 Å². The molecule has 4 N–H and O–H groups in total. The van der Waals surface area contributed by atoms with Crippen molar-refractivity contribution >= 4 is 23.2 Å². The molecule has 70 valence electrons. The molecule has 0 saturated heterocycles. The van der Waals surface area contributed by atoms with Crippen LogP contribution in [0.15, 0.2) is 0 Å². The van der Waals surface area contributed by atoms with E-state index in [0.717, 1.165) is 6.42 Å². The zero-order valence-corrected chi connectivity index (χ0v) is 8.20. The Kier molecular flexibility index (Phi) is 5.36. The smallest absolute Gasteiger partial charge is 0.242 e. The van der Waals surface area contributed by atoms with Gasteiger partial charge in [0.15, 0.2) is 5.11 Å². The fraction of sp³-hybridized carbons (Fsp3) is 0.714. The van der Waals surface area contributed by atoms with Gasteiger partial charge in [0.05, 0.1) is 0 Å². The standard InChI is InChI=1S/C7H15N3OS/c1-3-4-9-6(11)5(2)10-7(8)12/h5H,3-4H2,1-2H3,(H,9,11)(H3,8,10,12). The highest BCUT2D eigenvalue weighted by Crippen LogP contribution is 1.81. The van der Waals surface area contributed by atoms with Gasteiger partial charge in [-0.3, -0.25) is 4.79 Å².